The first kappa shape index (κ1) is 14.2. The number of anilines is 1. The van der Waals surface area contributed by atoms with Gasteiger partial charge in [-0.1, -0.05) is 13.0 Å². The van der Waals surface area contributed by atoms with Crippen molar-refractivity contribution in [1.82, 2.24) is 4.98 Å². The van der Waals surface area contributed by atoms with Gasteiger partial charge >= 0.3 is 0 Å². The highest BCUT2D eigenvalue weighted by Crippen LogP contribution is 2.21. The third-order valence-electron chi connectivity index (χ3n) is 2.93. The van der Waals surface area contributed by atoms with Crippen LogP contribution < -0.4 is 11.1 Å². The maximum absolute atomic E-state index is 12.1. The zero-order valence-electron chi connectivity index (χ0n) is 11.3. The number of aryl methyl sites for hydroxylation is 1. The van der Waals surface area contributed by atoms with Crippen LogP contribution in [-0.4, -0.2) is 16.8 Å². The second-order valence-electron chi connectivity index (χ2n) is 4.27. The van der Waals surface area contributed by atoms with Crippen molar-refractivity contribution in [2.75, 3.05) is 5.32 Å². The number of aromatic nitrogens is 1. The Labute approximate surface area is 120 Å². The van der Waals surface area contributed by atoms with Crippen LogP contribution in [0.2, 0.25) is 0 Å². The zero-order valence-corrected chi connectivity index (χ0v) is 12.1. The number of nitrogens with one attached hydrogen (secondary N) is 1. The standard InChI is InChI=1S/C14H15N3O2S/c1-3-12-16-7-11(20-12)14(19)17-10-6-4-5-9(8(10)2)13(15)18/h4-7H,3H2,1-2H3,(H2,15,18)(H,17,19). The van der Waals surface area contributed by atoms with Gasteiger partial charge in [0.25, 0.3) is 5.91 Å². The molecule has 1 heterocycles. The van der Waals surface area contributed by atoms with Gasteiger partial charge in [-0.2, -0.15) is 0 Å². The van der Waals surface area contributed by atoms with Crippen LogP contribution in [0.25, 0.3) is 0 Å². The number of benzene rings is 1. The third kappa shape index (κ3) is 2.85. The molecule has 0 fully saturated rings. The van der Waals surface area contributed by atoms with Gasteiger partial charge in [-0.05, 0) is 31.0 Å². The van der Waals surface area contributed by atoms with Gasteiger partial charge in [0.2, 0.25) is 5.91 Å². The van der Waals surface area contributed by atoms with E-state index in [4.69, 9.17) is 5.73 Å². The maximum atomic E-state index is 12.1. The highest BCUT2D eigenvalue weighted by Gasteiger charge is 2.13. The first-order valence-corrected chi connectivity index (χ1v) is 7.00. The fourth-order valence-electron chi connectivity index (χ4n) is 1.80. The SMILES string of the molecule is CCc1ncc(C(=O)Nc2cccc(C(N)=O)c2C)s1. The lowest BCUT2D eigenvalue weighted by atomic mass is 10.1. The van der Waals surface area contributed by atoms with Crippen LogP contribution in [0.15, 0.2) is 24.4 Å². The number of rotatable bonds is 4. The molecule has 0 atom stereocenters. The van der Waals surface area contributed by atoms with Gasteiger partial charge in [0, 0.05) is 11.3 Å². The van der Waals surface area contributed by atoms with Crippen molar-refractivity contribution in [1.29, 1.82) is 0 Å². The average molecular weight is 289 g/mol. The number of nitrogens with zero attached hydrogens (tertiary/aromatic N) is 1. The van der Waals surface area contributed by atoms with Gasteiger partial charge in [-0.15, -0.1) is 11.3 Å². The highest BCUT2D eigenvalue weighted by molar-refractivity contribution is 7.13. The van der Waals surface area contributed by atoms with Crippen molar-refractivity contribution in [3.63, 3.8) is 0 Å². The van der Waals surface area contributed by atoms with Gasteiger partial charge in [-0.3, -0.25) is 9.59 Å². The second kappa shape index (κ2) is 5.83. The van der Waals surface area contributed by atoms with Gasteiger partial charge in [0.15, 0.2) is 0 Å². The molecule has 0 aliphatic carbocycles. The summed E-state index contributed by atoms with van der Waals surface area (Å²) >= 11 is 1.36. The van der Waals surface area contributed by atoms with Crippen LogP contribution in [0, 0.1) is 6.92 Å². The van der Waals surface area contributed by atoms with Crippen molar-refractivity contribution >= 4 is 28.8 Å². The van der Waals surface area contributed by atoms with E-state index in [2.05, 4.69) is 10.3 Å². The normalized spacial score (nSPS) is 10.3. The molecule has 5 nitrogen and oxygen atoms in total. The van der Waals surface area contributed by atoms with Crippen LogP contribution in [0.1, 0.15) is 37.5 Å². The summed E-state index contributed by atoms with van der Waals surface area (Å²) < 4.78 is 0. The Morgan fingerprint density at radius 3 is 2.75 bits per heavy atom. The minimum Gasteiger partial charge on any atom is -0.366 e. The van der Waals surface area contributed by atoms with Gasteiger partial charge in [-0.25, -0.2) is 4.98 Å². The van der Waals surface area contributed by atoms with Crippen LogP contribution >= 0.6 is 11.3 Å². The fraction of sp³-hybridized carbons (Fsp3) is 0.214. The van der Waals surface area contributed by atoms with Crippen LogP contribution in [-0.2, 0) is 6.42 Å². The van der Waals surface area contributed by atoms with Gasteiger partial charge < -0.3 is 11.1 Å². The highest BCUT2D eigenvalue weighted by atomic mass is 32.1. The quantitative estimate of drug-likeness (QED) is 0.906. The molecule has 0 bridgehead atoms. The lowest BCUT2D eigenvalue weighted by molar-refractivity contribution is 0.0996. The van der Waals surface area contributed by atoms with E-state index in [1.54, 1.807) is 31.3 Å². The van der Waals surface area contributed by atoms with Crippen molar-refractivity contribution in [2.24, 2.45) is 5.73 Å². The van der Waals surface area contributed by atoms with Crippen LogP contribution in [0.5, 0.6) is 0 Å². The molecule has 2 aromatic rings. The molecule has 2 amide bonds. The monoisotopic (exact) mass is 289 g/mol. The molecule has 0 saturated heterocycles. The molecule has 0 spiro atoms. The number of thiazole rings is 1. The smallest absolute Gasteiger partial charge is 0.267 e. The molecule has 1 aromatic carbocycles. The average Bonchev–Trinajstić information content (AvgIpc) is 2.89. The molecule has 3 N–H and O–H groups in total. The lowest BCUT2D eigenvalue weighted by Crippen LogP contribution is -2.16. The first-order chi connectivity index (χ1) is 9.52. The first-order valence-electron chi connectivity index (χ1n) is 6.18. The second-order valence-corrected chi connectivity index (χ2v) is 5.38. The van der Waals surface area contributed by atoms with Crippen molar-refractivity contribution in [3.8, 4) is 0 Å². The Morgan fingerprint density at radius 2 is 2.15 bits per heavy atom. The Morgan fingerprint density at radius 1 is 1.40 bits per heavy atom. The van der Waals surface area contributed by atoms with Crippen molar-refractivity contribution in [2.45, 2.75) is 20.3 Å². The van der Waals surface area contributed by atoms with Crippen LogP contribution in [0.4, 0.5) is 5.69 Å². The van der Waals surface area contributed by atoms with E-state index < -0.39 is 5.91 Å². The molecule has 6 heteroatoms. The summed E-state index contributed by atoms with van der Waals surface area (Å²) in [6, 6.07) is 5.06. The summed E-state index contributed by atoms with van der Waals surface area (Å²) in [6.07, 6.45) is 2.36. The molecule has 0 aliphatic heterocycles. The zero-order chi connectivity index (χ0) is 14.7. The summed E-state index contributed by atoms with van der Waals surface area (Å²) in [6.45, 7) is 3.74. The van der Waals surface area contributed by atoms with Gasteiger partial charge in [0.1, 0.15) is 4.88 Å². The fourth-order valence-corrected chi connectivity index (χ4v) is 2.55. The number of amides is 2. The molecule has 0 radical (unpaired) electrons. The number of nitrogens with two attached hydrogens (primary N) is 1. The predicted octanol–water partition coefficient (Wildman–Crippen LogP) is 2.37. The van der Waals surface area contributed by atoms with E-state index in [-0.39, 0.29) is 5.91 Å². The van der Waals surface area contributed by atoms with E-state index >= 15 is 0 Å². The Kier molecular flexibility index (Phi) is 4.14. The molecule has 104 valence electrons. The largest absolute Gasteiger partial charge is 0.366 e. The number of hydrogen-bond donors (Lipinski definition) is 2. The summed E-state index contributed by atoms with van der Waals surface area (Å²) in [5, 5.41) is 3.70. The molecule has 2 rings (SSSR count). The molecule has 0 saturated carbocycles. The maximum Gasteiger partial charge on any atom is 0.267 e. The Hall–Kier alpha value is -2.21. The number of primary amides is 1. The summed E-state index contributed by atoms with van der Waals surface area (Å²) in [7, 11) is 0. The van der Waals surface area contributed by atoms with Gasteiger partial charge in [0.05, 0.1) is 11.2 Å². The van der Waals surface area contributed by atoms with E-state index in [1.165, 1.54) is 11.3 Å². The van der Waals surface area contributed by atoms with E-state index in [0.29, 0.717) is 21.7 Å². The molecule has 1 aromatic heterocycles. The minimum atomic E-state index is -0.510. The number of hydrogen-bond acceptors (Lipinski definition) is 4. The molecule has 0 unspecified atom stereocenters. The molecule has 0 aliphatic rings. The van der Waals surface area contributed by atoms with Crippen molar-refractivity contribution < 1.29 is 9.59 Å². The molecular formula is C14H15N3O2S. The van der Waals surface area contributed by atoms with Crippen LogP contribution in [0.3, 0.4) is 0 Å². The molecule has 20 heavy (non-hydrogen) atoms. The van der Waals surface area contributed by atoms with E-state index in [0.717, 1.165) is 11.4 Å². The topological polar surface area (TPSA) is 85.1 Å². The minimum absolute atomic E-state index is 0.230. The van der Waals surface area contributed by atoms with E-state index in [9.17, 15) is 9.59 Å². The predicted molar refractivity (Wildman–Crippen MR) is 79.1 cm³/mol. The summed E-state index contributed by atoms with van der Waals surface area (Å²) in [5.41, 5.74) is 6.93. The Bertz CT molecular complexity index is 664. The molecular weight excluding hydrogens is 274 g/mol. The van der Waals surface area contributed by atoms with E-state index in [1.807, 2.05) is 6.92 Å². The Balaban J connectivity index is 2.24. The lowest BCUT2D eigenvalue weighted by Gasteiger charge is -2.09. The third-order valence-corrected chi connectivity index (χ3v) is 4.07. The van der Waals surface area contributed by atoms with Crippen molar-refractivity contribution in [3.05, 3.63) is 45.4 Å². The number of carbonyl (C=O) groups is 2. The number of carbonyl (C=O) groups excluding carboxylic acids is 2. The summed E-state index contributed by atoms with van der Waals surface area (Å²) in [4.78, 5) is 28.1. The summed E-state index contributed by atoms with van der Waals surface area (Å²) in [5.74, 6) is -0.739.